The normalized spacial score (nSPS) is 9.58. The van der Waals surface area contributed by atoms with Gasteiger partial charge in [0.05, 0.1) is 0 Å². The smallest absolute Gasteiger partial charge is 0.425 e. The van der Waals surface area contributed by atoms with Crippen LogP contribution in [0.25, 0.3) is 0 Å². The van der Waals surface area contributed by atoms with Crippen molar-refractivity contribution in [3.8, 4) is 0 Å². The third-order valence-corrected chi connectivity index (χ3v) is 1.28. The molecule has 0 saturated heterocycles. The topological polar surface area (TPSA) is 49.7 Å². The highest BCUT2D eigenvalue weighted by molar-refractivity contribution is 6.64. The molecule has 6 heteroatoms. The second-order valence-electron chi connectivity index (χ2n) is 2.18. The van der Waals surface area contributed by atoms with E-state index < -0.39 is 18.7 Å². The fraction of sp³-hybridized carbons (Fsp3) is 0. The summed E-state index contributed by atoms with van der Waals surface area (Å²) >= 11 is 0. The first kappa shape index (κ1) is 8.80. The molecule has 1 rings (SSSR count). The van der Waals surface area contributed by atoms with Crippen molar-refractivity contribution >= 4 is 12.5 Å². The molecular weight excluding hydrogens is 167 g/mol. The van der Waals surface area contributed by atoms with Crippen LogP contribution in [-0.4, -0.2) is 12.1 Å². The van der Waals surface area contributed by atoms with Crippen molar-refractivity contribution < 1.29 is 13.8 Å². The second-order valence-corrected chi connectivity index (χ2v) is 2.18. The minimum atomic E-state index is -1.71. The van der Waals surface area contributed by atoms with Crippen LogP contribution in [0.15, 0.2) is 23.3 Å². The van der Waals surface area contributed by atoms with Gasteiger partial charge < -0.3 is 5.02 Å². The second kappa shape index (κ2) is 3.40. The molecule has 0 saturated carbocycles. The summed E-state index contributed by atoms with van der Waals surface area (Å²) in [6.07, 6.45) is 0. The average molecular weight is 171 g/mol. The van der Waals surface area contributed by atoms with E-state index >= 15 is 0 Å². The van der Waals surface area contributed by atoms with Crippen LogP contribution in [0.1, 0.15) is 0 Å². The zero-order valence-corrected chi connectivity index (χ0v) is 5.87. The lowest BCUT2D eigenvalue weighted by molar-refractivity contribution is 0.574. The molecule has 0 aromatic heterocycles. The van der Waals surface area contributed by atoms with E-state index in [9.17, 15) is 13.7 Å². The van der Waals surface area contributed by atoms with Crippen LogP contribution in [0.4, 0.5) is 8.78 Å². The summed E-state index contributed by atoms with van der Waals surface area (Å²) in [5, 5.41) is 11.0. The average Bonchev–Trinajstić information content (AvgIpc) is 2.01. The lowest BCUT2D eigenvalue weighted by Crippen LogP contribution is -2.28. The highest BCUT2D eigenvalue weighted by atomic mass is 19.1. The van der Waals surface area contributed by atoms with Gasteiger partial charge in [0.2, 0.25) is 0 Å². The summed E-state index contributed by atoms with van der Waals surface area (Å²) in [5.74, 6) is -1.71. The van der Waals surface area contributed by atoms with Gasteiger partial charge in [-0.25, -0.2) is 8.78 Å². The first-order valence-electron chi connectivity index (χ1n) is 3.10. The van der Waals surface area contributed by atoms with E-state index in [1.807, 2.05) is 0 Å². The summed E-state index contributed by atoms with van der Waals surface area (Å²) in [4.78, 5) is 9.78. The Morgan fingerprint density at radius 2 is 1.75 bits per heavy atom. The molecule has 0 fully saturated rings. The largest absolute Gasteiger partial charge is 0.517 e. The van der Waals surface area contributed by atoms with E-state index in [4.69, 9.17) is 5.02 Å². The van der Waals surface area contributed by atoms with Crippen molar-refractivity contribution in [1.29, 1.82) is 0 Å². The maximum absolute atomic E-state index is 12.4. The van der Waals surface area contributed by atoms with Crippen LogP contribution in [0, 0.1) is 16.5 Å². The number of nitrogens with zero attached hydrogens (tertiary/aromatic N) is 1. The van der Waals surface area contributed by atoms with Gasteiger partial charge in [-0.3, -0.25) is 0 Å². The molecule has 3 nitrogen and oxygen atoms in total. The van der Waals surface area contributed by atoms with Crippen LogP contribution in [0.2, 0.25) is 0 Å². The van der Waals surface area contributed by atoms with Gasteiger partial charge in [-0.15, -0.1) is 0 Å². The fourth-order valence-corrected chi connectivity index (χ4v) is 0.785. The van der Waals surface area contributed by atoms with Crippen molar-refractivity contribution in [3.63, 3.8) is 0 Å². The van der Waals surface area contributed by atoms with Crippen LogP contribution in [0.3, 0.4) is 0 Å². The van der Waals surface area contributed by atoms with Crippen molar-refractivity contribution in [2.45, 2.75) is 0 Å². The van der Waals surface area contributed by atoms with E-state index in [1.54, 1.807) is 0 Å². The molecule has 12 heavy (non-hydrogen) atoms. The molecule has 0 aliphatic rings. The van der Waals surface area contributed by atoms with Gasteiger partial charge in [-0.05, 0) is 17.6 Å². The zero-order valence-electron chi connectivity index (χ0n) is 5.87. The Morgan fingerprint density at radius 1 is 1.25 bits per heavy atom. The Balaban J connectivity index is 3.08. The number of benzene rings is 1. The molecule has 1 aromatic rings. The Hall–Kier alpha value is -1.30. The van der Waals surface area contributed by atoms with E-state index in [0.717, 1.165) is 12.1 Å². The van der Waals surface area contributed by atoms with E-state index in [-0.39, 0.29) is 5.46 Å². The Morgan fingerprint density at radius 3 is 2.17 bits per heavy atom. The summed E-state index contributed by atoms with van der Waals surface area (Å²) in [6.45, 7) is 0. The summed E-state index contributed by atoms with van der Waals surface area (Å²) in [6, 6.07) is 2.32. The van der Waals surface area contributed by atoms with Gasteiger partial charge in [0.25, 0.3) is 0 Å². The molecule has 0 bridgehead atoms. The maximum atomic E-state index is 12.4. The van der Waals surface area contributed by atoms with E-state index in [1.165, 1.54) is 0 Å². The minimum absolute atomic E-state index is 0.192. The molecule has 0 atom stereocenters. The number of nitroso groups, excluding NO2 is 1. The lowest BCUT2D eigenvalue weighted by Gasteiger charge is -1.97. The van der Waals surface area contributed by atoms with Crippen molar-refractivity contribution in [2.75, 3.05) is 0 Å². The van der Waals surface area contributed by atoms with Crippen LogP contribution in [-0.2, 0) is 0 Å². The molecule has 62 valence electrons. The van der Waals surface area contributed by atoms with Crippen molar-refractivity contribution in [1.82, 2.24) is 0 Å². The summed E-state index contributed by atoms with van der Waals surface area (Å²) in [5.41, 5.74) is -0.192. The van der Waals surface area contributed by atoms with Crippen LogP contribution < -0.4 is 5.46 Å². The van der Waals surface area contributed by atoms with Gasteiger partial charge in [0.1, 0.15) is 11.6 Å². The number of hydrogen-bond donors (Lipinski definition) is 1. The quantitative estimate of drug-likeness (QED) is 0.517. The molecule has 0 aliphatic heterocycles. The van der Waals surface area contributed by atoms with Gasteiger partial charge in [0, 0.05) is 6.07 Å². The van der Waals surface area contributed by atoms with E-state index in [2.05, 4.69) is 5.09 Å². The third-order valence-electron chi connectivity index (χ3n) is 1.28. The molecule has 0 aliphatic carbocycles. The monoisotopic (exact) mass is 171 g/mol. The molecular formula is C6H4BF2NO2. The number of halogens is 2. The number of rotatable bonds is 2. The Kier molecular flexibility index (Phi) is 2.49. The van der Waals surface area contributed by atoms with Crippen LogP contribution in [0.5, 0.6) is 0 Å². The molecule has 0 unspecified atom stereocenters. The predicted octanol–water partition coefficient (Wildman–Crippen LogP) is 0.419. The molecule has 1 aromatic carbocycles. The first-order valence-corrected chi connectivity index (χ1v) is 3.10. The zero-order chi connectivity index (χ0) is 9.14. The molecule has 0 radical (unpaired) electrons. The third kappa shape index (κ3) is 1.85. The first-order chi connectivity index (χ1) is 5.63. The highest BCUT2D eigenvalue weighted by Gasteiger charge is 2.17. The Labute approximate surface area is 67.1 Å². The Bertz CT molecular complexity index is 287. The predicted molar refractivity (Wildman–Crippen MR) is 39.8 cm³/mol. The van der Waals surface area contributed by atoms with E-state index in [0.29, 0.717) is 6.07 Å². The summed E-state index contributed by atoms with van der Waals surface area (Å²) < 4.78 is 24.9. The molecule has 0 heterocycles. The highest BCUT2D eigenvalue weighted by Crippen LogP contribution is 2.00. The number of hydrogen-bond acceptors (Lipinski definition) is 3. The fourth-order valence-electron chi connectivity index (χ4n) is 0.785. The van der Waals surface area contributed by atoms with Crippen LogP contribution >= 0.6 is 0 Å². The van der Waals surface area contributed by atoms with Crippen molar-refractivity contribution in [2.24, 2.45) is 5.09 Å². The maximum Gasteiger partial charge on any atom is 0.517 e. The molecule has 0 spiro atoms. The molecule has 1 N–H and O–H groups in total. The summed E-state index contributed by atoms with van der Waals surface area (Å²) in [7, 11) is -1.71. The van der Waals surface area contributed by atoms with Gasteiger partial charge >= 0.3 is 7.05 Å². The van der Waals surface area contributed by atoms with Gasteiger partial charge in [-0.1, -0.05) is 5.09 Å². The van der Waals surface area contributed by atoms with Gasteiger partial charge in [-0.2, -0.15) is 4.91 Å². The lowest BCUT2D eigenvalue weighted by atomic mass is 9.76. The standard InChI is InChI=1S/C6H4BF2NO2/c8-5-1-4(7(11)10-12)2-6(9)3-5/h1-3,11H. The van der Waals surface area contributed by atoms with Gasteiger partial charge in [0.15, 0.2) is 0 Å². The SMILES string of the molecule is O=NB(O)c1cc(F)cc(F)c1. The minimum Gasteiger partial charge on any atom is -0.425 e. The van der Waals surface area contributed by atoms with Crippen molar-refractivity contribution in [3.05, 3.63) is 34.7 Å². The molecule has 0 amide bonds.